The van der Waals surface area contributed by atoms with Gasteiger partial charge in [0.2, 0.25) is 0 Å². The zero-order valence-corrected chi connectivity index (χ0v) is 19.7. The minimum Gasteiger partial charge on any atom is -0.362 e. The van der Waals surface area contributed by atoms with Crippen LogP contribution in [0.25, 0.3) is 22.2 Å². The van der Waals surface area contributed by atoms with E-state index >= 15 is 0 Å². The number of hydrogen-bond acceptors (Lipinski definition) is 6. The van der Waals surface area contributed by atoms with Crippen LogP contribution in [0.5, 0.6) is 0 Å². The number of aromatic nitrogens is 3. The van der Waals surface area contributed by atoms with Crippen LogP contribution in [0.1, 0.15) is 16.8 Å². The fourth-order valence-corrected chi connectivity index (χ4v) is 4.57. The smallest absolute Gasteiger partial charge is 0.253 e. The monoisotopic (exact) mass is 502 g/mol. The van der Waals surface area contributed by atoms with Gasteiger partial charge in [-0.15, -0.1) is 0 Å². The van der Waals surface area contributed by atoms with Crippen LogP contribution in [0, 0.1) is 0 Å². The third kappa shape index (κ3) is 4.58. The molecule has 1 amide bonds. The van der Waals surface area contributed by atoms with E-state index in [9.17, 15) is 4.79 Å². The first-order valence-electron chi connectivity index (χ1n) is 10.7. The van der Waals surface area contributed by atoms with Crippen molar-refractivity contribution in [1.29, 1.82) is 0 Å². The van der Waals surface area contributed by atoms with Gasteiger partial charge in [-0.2, -0.15) is 0 Å². The second-order valence-electron chi connectivity index (χ2n) is 8.34. The molecule has 0 bridgehead atoms. The summed E-state index contributed by atoms with van der Waals surface area (Å²) in [4.78, 5) is 28.4. The summed E-state index contributed by atoms with van der Waals surface area (Å²) in [5, 5.41) is 6.87. The fraction of sp³-hybridized carbons (Fsp3) is 0.200. The van der Waals surface area contributed by atoms with Crippen LogP contribution in [0.4, 0.5) is 5.69 Å². The van der Waals surface area contributed by atoms with Crippen LogP contribution in [-0.4, -0.2) is 51.6 Å². The fourth-order valence-electron chi connectivity index (χ4n) is 4.30. The Hall–Kier alpha value is -3.36. The summed E-state index contributed by atoms with van der Waals surface area (Å²) in [6.07, 6.45) is 7.43. The number of hydrogen-bond donors (Lipinski definition) is 2. The van der Waals surface area contributed by atoms with Crippen molar-refractivity contribution in [2.45, 2.75) is 12.1 Å². The number of carbonyl (C=O) groups excluding carboxylic acids is 1. The molecule has 0 aliphatic carbocycles. The lowest BCUT2D eigenvalue weighted by Gasteiger charge is -2.33. The molecule has 0 radical (unpaired) electrons. The van der Waals surface area contributed by atoms with Crippen molar-refractivity contribution in [2.24, 2.45) is 0 Å². The minimum atomic E-state index is -0.609. The summed E-state index contributed by atoms with van der Waals surface area (Å²) in [7, 11) is 2.06. The molecular formula is C25H23BrN6O. The third-order valence-electron chi connectivity index (χ3n) is 5.87. The van der Waals surface area contributed by atoms with E-state index in [-0.39, 0.29) is 5.91 Å². The van der Waals surface area contributed by atoms with Gasteiger partial charge in [0.05, 0.1) is 11.0 Å². The van der Waals surface area contributed by atoms with E-state index < -0.39 is 5.66 Å². The van der Waals surface area contributed by atoms with Crippen molar-refractivity contribution < 1.29 is 4.79 Å². The number of pyridine rings is 1. The molecule has 166 valence electrons. The molecule has 3 heterocycles. The molecule has 1 atom stereocenters. The number of rotatable bonds is 5. The number of amides is 1. The SMILES string of the molecule is CN1CCC(NC(=O)c2ccncc2)(Nc2cc(-c3ccc(Br)cc3)c3nccnc3c2)C1. The topological polar surface area (TPSA) is 83.0 Å². The van der Waals surface area contributed by atoms with Gasteiger partial charge in [-0.25, -0.2) is 0 Å². The number of fused-ring (bicyclic) bond motifs is 1. The number of likely N-dealkylation sites (tertiary alicyclic amines) is 1. The molecule has 0 spiro atoms. The van der Waals surface area contributed by atoms with Gasteiger partial charge in [-0.3, -0.25) is 19.7 Å². The summed E-state index contributed by atoms with van der Waals surface area (Å²) < 4.78 is 1.02. The first-order chi connectivity index (χ1) is 16.0. The van der Waals surface area contributed by atoms with Gasteiger partial charge >= 0.3 is 0 Å². The molecule has 5 rings (SSSR count). The molecule has 1 saturated heterocycles. The molecule has 33 heavy (non-hydrogen) atoms. The van der Waals surface area contributed by atoms with Crippen molar-refractivity contribution in [3.05, 3.63) is 83.4 Å². The lowest BCUT2D eigenvalue weighted by atomic mass is 10.0. The summed E-state index contributed by atoms with van der Waals surface area (Å²) in [5.41, 5.74) is 4.52. The normalized spacial score (nSPS) is 18.4. The molecule has 2 aromatic heterocycles. The molecule has 2 aromatic carbocycles. The average Bonchev–Trinajstić information content (AvgIpc) is 3.19. The van der Waals surface area contributed by atoms with Crippen LogP contribution < -0.4 is 10.6 Å². The molecular weight excluding hydrogens is 480 g/mol. The molecule has 2 N–H and O–H groups in total. The van der Waals surface area contributed by atoms with Crippen molar-refractivity contribution in [3.63, 3.8) is 0 Å². The number of halogens is 1. The van der Waals surface area contributed by atoms with E-state index in [1.807, 2.05) is 18.2 Å². The predicted octanol–water partition coefficient (Wildman–Crippen LogP) is 4.33. The number of anilines is 1. The average molecular weight is 503 g/mol. The number of benzene rings is 2. The molecule has 1 aliphatic heterocycles. The highest BCUT2D eigenvalue weighted by Crippen LogP contribution is 2.33. The second-order valence-corrected chi connectivity index (χ2v) is 9.26. The zero-order valence-electron chi connectivity index (χ0n) is 18.1. The molecule has 1 unspecified atom stereocenters. The van der Waals surface area contributed by atoms with Gasteiger partial charge in [0.1, 0.15) is 5.66 Å². The quantitative estimate of drug-likeness (QED) is 0.395. The summed E-state index contributed by atoms with van der Waals surface area (Å²) in [6.45, 7) is 1.55. The Kier molecular flexibility index (Phi) is 5.78. The number of nitrogens with one attached hydrogen (secondary N) is 2. The lowest BCUT2D eigenvalue weighted by molar-refractivity contribution is 0.0912. The molecule has 1 aliphatic rings. The summed E-state index contributed by atoms with van der Waals surface area (Å²) in [6, 6.07) is 15.7. The van der Waals surface area contributed by atoms with E-state index in [0.29, 0.717) is 12.1 Å². The number of carbonyl (C=O) groups is 1. The van der Waals surface area contributed by atoms with Gasteiger partial charge in [0, 0.05) is 65.6 Å². The third-order valence-corrected chi connectivity index (χ3v) is 6.40. The van der Waals surface area contributed by atoms with E-state index in [1.165, 1.54) is 0 Å². The van der Waals surface area contributed by atoms with Gasteiger partial charge in [0.15, 0.2) is 0 Å². The van der Waals surface area contributed by atoms with Crippen LogP contribution in [-0.2, 0) is 0 Å². The highest BCUT2D eigenvalue weighted by Gasteiger charge is 2.38. The Bertz CT molecular complexity index is 1300. The minimum absolute atomic E-state index is 0.131. The Labute approximate surface area is 200 Å². The van der Waals surface area contributed by atoms with Crippen molar-refractivity contribution >= 4 is 38.6 Å². The van der Waals surface area contributed by atoms with Gasteiger partial charge in [0.25, 0.3) is 5.91 Å². The molecule has 8 heteroatoms. The highest BCUT2D eigenvalue weighted by atomic mass is 79.9. The molecule has 7 nitrogen and oxygen atoms in total. The van der Waals surface area contributed by atoms with Crippen molar-refractivity contribution in [1.82, 2.24) is 25.2 Å². The maximum Gasteiger partial charge on any atom is 0.253 e. The van der Waals surface area contributed by atoms with E-state index in [0.717, 1.165) is 45.3 Å². The predicted molar refractivity (Wildman–Crippen MR) is 133 cm³/mol. The van der Waals surface area contributed by atoms with Crippen molar-refractivity contribution in [3.8, 4) is 11.1 Å². The first-order valence-corrected chi connectivity index (χ1v) is 11.5. The lowest BCUT2D eigenvalue weighted by Crippen LogP contribution is -2.56. The van der Waals surface area contributed by atoms with Gasteiger partial charge in [-0.1, -0.05) is 28.1 Å². The second kappa shape index (κ2) is 8.88. The maximum atomic E-state index is 13.0. The molecule has 4 aromatic rings. The van der Waals surface area contributed by atoms with Gasteiger partial charge in [-0.05, 0) is 49.0 Å². The van der Waals surface area contributed by atoms with Crippen LogP contribution in [0.3, 0.4) is 0 Å². The van der Waals surface area contributed by atoms with E-state index in [2.05, 4.69) is 71.7 Å². The zero-order chi connectivity index (χ0) is 22.8. The standard InChI is InChI=1S/C25H23BrN6O/c1-32-13-8-25(16-32,31-24(33)18-6-9-27-10-7-18)30-20-14-21(17-2-4-19(26)5-3-17)23-22(15-20)28-11-12-29-23/h2-7,9-12,14-15,30H,8,13,16H2,1H3,(H,31,33). The van der Waals surface area contributed by atoms with Crippen molar-refractivity contribution in [2.75, 3.05) is 25.5 Å². The summed E-state index contributed by atoms with van der Waals surface area (Å²) >= 11 is 3.51. The number of nitrogens with zero attached hydrogens (tertiary/aromatic N) is 4. The Morgan fingerprint density at radius 3 is 2.52 bits per heavy atom. The van der Waals surface area contributed by atoms with Gasteiger partial charge < -0.3 is 15.5 Å². The van der Waals surface area contributed by atoms with E-state index in [1.54, 1.807) is 36.9 Å². The Morgan fingerprint density at radius 1 is 1.03 bits per heavy atom. The molecule has 1 fully saturated rings. The van der Waals surface area contributed by atoms with E-state index in [4.69, 9.17) is 0 Å². The maximum absolute atomic E-state index is 13.0. The summed E-state index contributed by atoms with van der Waals surface area (Å²) in [5.74, 6) is -0.131. The number of likely N-dealkylation sites (N-methyl/N-ethyl adjacent to an activating group) is 1. The largest absolute Gasteiger partial charge is 0.362 e. The van der Waals surface area contributed by atoms with Crippen LogP contribution >= 0.6 is 15.9 Å². The Morgan fingerprint density at radius 2 is 1.79 bits per heavy atom. The highest BCUT2D eigenvalue weighted by molar-refractivity contribution is 9.10. The van der Waals surface area contributed by atoms with Crippen LogP contribution in [0.2, 0.25) is 0 Å². The molecule has 0 saturated carbocycles. The Balaban J connectivity index is 1.53. The van der Waals surface area contributed by atoms with Crippen LogP contribution in [0.15, 0.2) is 77.8 Å². The first kappa shape index (κ1) is 21.5.